The predicted molar refractivity (Wildman–Crippen MR) is 89.3 cm³/mol. The van der Waals surface area contributed by atoms with Crippen molar-refractivity contribution < 1.29 is 31.1 Å². The van der Waals surface area contributed by atoms with Crippen molar-refractivity contribution in [2.24, 2.45) is 0 Å². The summed E-state index contributed by atoms with van der Waals surface area (Å²) < 4.78 is 78.6. The zero-order valence-electron chi connectivity index (χ0n) is 14.6. The van der Waals surface area contributed by atoms with Crippen molar-refractivity contribution >= 4 is 11.7 Å². The summed E-state index contributed by atoms with van der Waals surface area (Å²) in [4.78, 5) is 13.1. The molecule has 0 radical (unpaired) electrons. The Morgan fingerprint density at radius 1 is 0.889 bits per heavy atom. The molecule has 0 heterocycles. The number of carbonyl (C=O) groups is 1. The van der Waals surface area contributed by atoms with Gasteiger partial charge in [0.2, 0.25) is 0 Å². The summed E-state index contributed by atoms with van der Waals surface area (Å²) >= 11 is 0. The normalized spacial score (nSPS) is 12.0. The maximum atomic E-state index is 13.1. The Morgan fingerprint density at radius 2 is 1.41 bits per heavy atom. The summed E-state index contributed by atoms with van der Waals surface area (Å²) in [6.07, 6.45) is -9.90. The molecule has 0 saturated carbocycles. The first-order chi connectivity index (χ1) is 12.3. The fourth-order valence-electron chi connectivity index (χ4n) is 2.34. The summed E-state index contributed by atoms with van der Waals surface area (Å²) in [6, 6.07) is 5.21. The highest BCUT2D eigenvalue weighted by molar-refractivity contribution is 5.94. The van der Waals surface area contributed by atoms with Crippen molar-refractivity contribution in [3.8, 4) is 11.1 Å². The van der Waals surface area contributed by atoms with Crippen LogP contribution < -0.4 is 5.32 Å². The molecule has 2 rings (SSSR count). The van der Waals surface area contributed by atoms with E-state index in [1.165, 1.54) is 31.1 Å². The number of nitrogens with zero attached hydrogens (tertiary/aromatic N) is 1. The number of anilines is 1. The molecule has 27 heavy (non-hydrogen) atoms. The number of rotatable bonds is 2. The zero-order valence-corrected chi connectivity index (χ0v) is 14.6. The Bertz CT molecular complexity index is 824. The average Bonchev–Trinajstić information content (AvgIpc) is 2.54. The van der Waals surface area contributed by atoms with Gasteiger partial charge in [-0.2, -0.15) is 26.3 Å². The van der Waals surface area contributed by atoms with Crippen molar-refractivity contribution in [1.82, 2.24) is 4.90 Å². The van der Waals surface area contributed by atoms with Gasteiger partial charge >= 0.3 is 18.4 Å². The largest absolute Gasteiger partial charge is 0.416 e. The van der Waals surface area contributed by atoms with Gasteiger partial charge in [0.1, 0.15) is 0 Å². The first-order valence-corrected chi connectivity index (χ1v) is 7.68. The van der Waals surface area contributed by atoms with Gasteiger partial charge in [-0.3, -0.25) is 0 Å². The first-order valence-electron chi connectivity index (χ1n) is 7.68. The molecule has 2 aromatic rings. The number of aryl methyl sites for hydroxylation is 1. The molecular formula is C18H16F6N2O. The number of alkyl halides is 6. The summed E-state index contributed by atoms with van der Waals surface area (Å²) in [5, 5.41) is 2.48. The molecule has 0 spiro atoms. The van der Waals surface area contributed by atoms with Crippen LogP contribution in [0.25, 0.3) is 11.1 Å². The van der Waals surface area contributed by atoms with E-state index >= 15 is 0 Å². The van der Waals surface area contributed by atoms with E-state index in [9.17, 15) is 31.1 Å². The SMILES string of the molecule is Cc1ccc(NC(=O)N(C)C)c(-c2cc(C(F)(F)F)cc(C(F)(F)F)c2)c1. The summed E-state index contributed by atoms with van der Waals surface area (Å²) in [5.41, 5.74) is -2.36. The van der Waals surface area contributed by atoms with Crippen LogP contribution in [-0.2, 0) is 12.4 Å². The lowest BCUT2D eigenvalue weighted by Crippen LogP contribution is -2.27. The molecule has 0 aliphatic heterocycles. The topological polar surface area (TPSA) is 32.3 Å². The molecule has 0 atom stereocenters. The van der Waals surface area contributed by atoms with Crippen molar-refractivity contribution in [3.05, 3.63) is 53.1 Å². The quantitative estimate of drug-likeness (QED) is 0.647. The van der Waals surface area contributed by atoms with Crippen molar-refractivity contribution in [2.75, 3.05) is 19.4 Å². The van der Waals surface area contributed by atoms with Crippen LogP contribution in [0.5, 0.6) is 0 Å². The molecule has 0 unspecified atom stereocenters. The van der Waals surface area contributed by atoms with Crippen LogP contribution in [0, 0.1) is 6.92 Å². The van der Waals surface area contributed by atoms with Crippen LogP contribution >= 0.6 is 0 Å². The number of amides is 2. The second kappa shape index (κ2) is 7.13. The molecule has 146 valence electrons. The molecule has 9 heteroatoms. The number of carbonyl (C=O) groups excluding carboxylic acids is 1. The maximum absolute atomic E-state index is 13.1. The van der Waals surface area contributed by atoms with Gasteiger partial charge in [0.05, 0.1) is 16.8 Å². The Labute approximate surface area is 151 Å². The molecule has 0 aliphatic carbocycles. The third-order valence-corrected chi connectivity index (χ3v) is 3.72. The standard InChI is InChI=1S/C18H16F6N2O/c1-10-4-5-15(25-16(27)26(2)3)14(6-10)11-7-12(17(19,20)21)9-13(8-11)18(22,23)24/h4-9H,1-3H3,(H,25,27). The molecule has 2 aromatic carbocycles. The maximum Gasteiger partial charge on any atom is 0.416 e. The van der Waals surface area contributed by atoms with E-state index in [0.29, 0.717) is 17.7 Å². The molecule has 1 N–H and O–H groups in total. The van der Waals surface area contributed by atoms with Crippen molar-refractivity contribution in [3.63, 3.8) is 0 Å². The number of hydrogen-bond donors (Lipinski definition) is 1. The summed E-state index contributed by atoms with van der Waals surface area (Å²) in [7, 11) is 2.91. The van der Waals surface area contributed by atoms with Crippen LogP contribution in [0.15, 0.2) is 36.4 Å². The molecule has 0 bridgehead atoms. The molecule has 0 aliphatic rings. The number of halogens is 6. The van der Waals surface area contributed by atoms with Gasteiger partial charge in [0.15, 0.2) is 0 Å². The third kappa shape index (κ3) is 4.93. The molecular weight excluding hydrogens is 374 g/mol. The van der Waals surface area contributed by atoms with Gasteiger partial charge in [-0.1, -0.05) is 11.6 Å². The Balaban J connectivity index is 2.70. The van der Waals surface area contributed by atoms with Crippen LogP contribution in [0.2, 0.25) is 0 Å². The minimum atomic E-state index is -4.95. The second-order valence-electron chi connectivity index (χ2n) is 6.17. The Hall–Kier alpha value is -2.71. The van der Waals surface area contributed by atoms with E-state index in [-0.39, 0.29) is 22.9 Å². The Morgan fingerprint density at radius 3 is 1.85 bits per heavy atom. The molecule has 0 saturated heterocycles. The van der Waals surface area contributed by atoms with E-state index in [1.54, 1.807) is 13.0 Å². The molecule has 0 fully saturated rings. The highest BCUT2D eigenvalue weighted by Crippen LogP contribution is 2.40. The van der Waals surface area contributed by atoms with Gasteiger partial charge in [0, 0.05) is 19.7 Å². The number of urea groups is 1. The van der Waals surface area contributed by atoms with Crippen molar-refractivity contribution in [1.29, 1.82) is 0 Å². The van der Waals surface area contributed by atoms with E-state index in [0.717, 1.165) is 0 Å². The van der Waals surface area contributed by atoms with E-state index in [4.69, 9.17) is 0 Å². The van der Waals surface area contributed by atoms with Gasteiger partial charge in [0.25, 0.3) is 0 Å². The van der Waals surface area contributed by atoms with Crippen LogP contribution in [0.4, 0.5) is 36.8 Å². The lowest BCUT2D eigenvalue weighted by Gasteiger charge is -2.18. The second-order valence-corrected chi connectivity index (χ2v) is 6.17. The van der Waals surface area contributed by atoms with Gasteiger partial charge in [-0.05, 0) is 42.8 Å². The molecule has 2 amide bonds. The lowest BCUT2D eigenvalue weighted by molar-refractivity contribution is -0.143. The van der Waals surface area contributed by atoms with E-state index < -0.39 is 29.5 Å². The van der Waals surface area contributed by atoms with E-state index in [2.05, 4.69) is 5.32 Å². The number of hydrogen-bond acceptors (Lipinski definition) is 1. The predicted octanol–water partition coefficient (Wildman–Crippen LogP) is 5.79. The minimum absolute atomic E-state index is 0.0572. The third-order valence-electron chi connectivity index (χ3n) is 3.72. The highest BCUT2D eigenvalue weighted by Gasteiger charge is 2.37. The monoisotopic (exact) mass is 390 g/mol. The minimum Gasteiger partial charge on any atom is -0.331 e. The number of benzene rings is 2. The van der Waals surface area contributed by atoms with Gasteiger partial charge in [-0.15, -0.1) is 0 Å². The molecule has 0 aromatic heterocycles. The molecule has 3 nitrogen and oxygen atoms in total. The fourth-order valence-corrected chi connectivity index (χ4v) is 2.34. The van der Waals surface area contributed by atoms with Gasteiger partial charge < -0.3 is 10.2 Å². The summed E-state index contributed by atoms with van der Waals surface area (Å²) in [5.74, 6) is 0. The van der Waals surface area contributed by atoms with Crippen LogP contribution in [0.3, 0.4) is 0 Å². The van der Waals surface area contributed by atoms with Crippen LogP contribution in [0.1, 0.15) is 16.7 Å². The number of nitrogens with one attached hydrogen (secondary N) is 1. The average molecular weight is 390 g/mol. The first kappa shape index (κ1) is 20.6. The van der Waals surface area contributed by atoms with Crippen LogP contribution in [-0.4, -0.2) is 25.0 Å². The Kier molecular flexibility index (Phi) is 5.44. The smallest absolute Gasteiger partial charge is 0.331 e. The lowest BCUT2D eigenvalue weighted by atomic mass is 9.96. The summed E-state index contributed by atoms with van der Waals surface area (Å²) in [6.45, 7) is 1.64. The van der Waals surface area contributed by atoms with Crippen molar-refractivity contribution in [2.45, 2.75) is 19.3 Å². The fraction of sp³-hybridized carbons (Fsp3) is 0.278. The highest BCUT2D eigenvalue weighted by atomic mass is 19.4. The van der Waals surface area contributed by atoms with Gasteiger partial charge in [-0.25, -0.2) is 4.79 Å². The van der Waals surface area contributed by atoms with E-state index in [1.807, 2.05) is 0 Å². The zero-order chi connectivity index (χ0) is 20.6.